The SMILES string of the molecule is CC1CCC(CN)N(C(=O)OC(C)(C)C)C1. The maximum absolute atomic E-state index is 12.0. The fourth-order valence-electron chi connectivity index (χ4n) is 2.00. The highest BCUT2D eigenvalue weighted by atomic mass is 16.6. The van der Waals surface area contributed by atoms with Crippen LogP contribution in [0.15, 0.2) is 0 Å². The Morgan fingerprint density at radius 1 is 1.44 bits per heavy atom. The number of carbonyl (C=O) groups is 1. The quantitative estimate of drug-likeness (QED) is 0.746. The summed E-state index contributed by atoms with van der Waals surface area (Å²) in [5, 5.41) is 0. The van der Waals surface area contributed by atoms with Crippen molar-refractivity contribution in [3.8, 4) is 0 Å². The molecule has 1 heterocycles. The lowest BCUT2D eigenvalue weighted by Crippen LogP contribution is -2.51. The van der Waals surface area contributed by atoms with Gasteiger partial charge in [-0.1, -0.05) is 6.92 Å². The summed E-state index contributed by atoms with van der Waals surface area (Å²) in [6.07, 6.45) is 1.90. The van der Waals surface area contributed by atoms with Crippen molar-refractivity contribution >= 4 is 6.09 Å². The fraction of sp³-hybridized carbons (Fsp3) is 0.917. The van der Waals surface area contributed by atoms with Crippen LogP contribution < -0.4 is 5.73 Å². The topological polar surface area (TPSA) is 55.6 Å². The van der Waals surface area contributed by atoms with Crippen LogP contribution in [0.2, 0.25) is 0 Å². The van der Waals surface area contributed by atoms with E-state index in [1.807, 2.05) is 20.8 Å². The van der Waals surface area contributed by atoms with Gasteiger partial charge in [0.1, 0.15) is 5.60 Å². The van der Waals surface area contributed by atoms with Gasteiger partial charge in [0.15, 0.2) is 0 Å². The van der Waals surface area contributed by atoms with E-state index in [4.69, 9.17) is 10.5 Å². The van der Waals surface area contributed by atoms with E-state index in [1.165, 1.54) is 0 Å². The molecule has 0 aromatic carbocycles. The highest BCUT2D eigenvalue weighted by Crippen LogP contribution is 2.23. The van der Waals surface area contributed by atoms with E-state index in [-0.39, 0.29) is 12.1 Å². The van der Waals surface area contributed by atoms with Gasteiger partial charge in [-0.2, -0.15) is 0 Å². The van der Waals surface area contributed by atoms with E-state index in [9.17, 15) is 4.79 Å². The van der Waals surface area contributed by atoms with E-state index >= 15 is 0 Å². The Morgan fingerprint density at radius 2 is 2.06 bits per heavy atom. The summed E-state index contributed by atoms with van der Waals surface area (Å²) in [4.78, 5) is 13.8. The minimum absolute atomic E-state index is 0.144. The molecule has 4 nitrogen and oxygen atoms in total. The van der Waals surface area contributed by atoms with Crippen LogP contribution in [0.1, 0.15) is 40.5 Å². The number of ether oxygens (including phenoxy) is 1. The molecule has 0 aromatic rings. The molecule has 0 radical (unpaired) electrons. The number of nitrogens with two attached hydrogens (primary N) is 1. The molecule has 94 valence electrons. The van der Waals surface area contributed by atoms with Crippen molar-refractivity contribution in [3.05, 3.63) is 0 Å². The lowest BCUT2D eigenvalue weighted by atomic mass is 9.94. The molecule has 0 saturated carbocycles. The van der Waals surface area contributed by atoms with Crippen LogP contribution in [0.4, 0.5) is 4.79 Å². The number of rotatable bonds is 1. The van der Waals surface area contributed by atoms with Crippen LogP contribution in [0.25, 0.3) is 0 Å². The Labute approximate surface area is 98.1 Å². The third kappa shape index (κ3) is 3.67. The molecular weight excluding hydrogens is 204 g/mol. The van der Waals surface area contributed by atoms with Crippen molar-refractivity contribution in [2.45, 2.75) is 52.2 Å². The average molecular weight is 228 g/mol. The van der Waals surface area contributed by atoms with Crippen molar-refractivity contribution in [3.63, 3.8) is 0 Å². The Morgan fingerprint density at radius 3 is 2.56 bits per heavy atom. The Balaban J connectivity index is 2.63. The monoisotopic (exact) mass is 228 g/mol. The molecule has 1 amide bonds. The lowest BCUT2D eigenvalue weighted by Gasteiger charge is -2.38. The maximum Gasteiger partial charge on any atom is 0.410 e. The van der Waals surface area contributed by atoms with Crippen LogP contribution >= 0.6 is 0 Å². The summed E-state index contributed by atoms with van der Waals surface area (Å²) < 4.78 is 5.39. The largest absolute Gasteiger partial charge is 0.444 e. The fourth-order valence-corrected chi connectivity index (χ4v) is 2.00. The van der Waals surface area contributed by atoms with Gasteiger partial charge in [0.2, 0.25) is 0 Å². The van der Waals surface area contributed by atoms with Gasteiger partial charge in [-0.05, 0) is 39.5 Å². The molecule has 1 saturated heterocycles. The van der Waals surface area contributed by atoms with Gasteiger partial charge in [0, 0.05) is 19.1 Å². The molecule has 2 N–H and O–H groups in total. The standard InChI is InChI=1S/C12H24N2O2/c1-9-5-6-10(7-13)14(8-9)11(15)16-12(2,3)4/h9-10H,5-8,13H2,1-4H3. The lowest BCUT2D eigenvalue weighted by molar-refractivity contribution is 0.00525. The van der Waals surface area contributed by atoms with Crippen molar-refractivity contribution < 1.29 is 9.53 Å². The molecule has 0 aliphatic carbocycles. The van der Waals surface area contributed by atoms with Crippen LogP contribution in [0, 0.1) is 5.92 Å². The molecule has 2 unspecified atom stereocenters. The average Bonchev–Trinajstić information content (AvgIpc) is 2.15. The second kappa shape index (κ2) is 5.04. The van der Waals surface area contributed by atoms with E-state index in [0.717, 1.165) is 19.4 Å². The predicted molar refractivity (Wildman–Crippen MR) is 64.2 cm³/mol. The van der Waals surface area contributed by atoms with Crippen molar-refractivity contribution in [2.75, 3.05) is 13.1 Å². The van der Waals surface area contributed by atoms with E-state index < -0.39 is 5.60 Å². The zero-order chi connectivity index (χ0) is 12.3. The van der Waals surface area contributed by atoms with E-state index in [1.54, 1.807) is 4.90 Å². The first-order valence-corrected chi connectivity index (χ1v) is 6.03. The summed E-state index contributed by atoms with van der Waals surface area (Å²) >= 11 is 0. The van der Waals surface area contributed by atoms with Gasteiger partial charge in [-0.3, -0.25) is 0 Å². The zero-order valence-corrected chi connectivity index (χ0v) is 10.8. The first-order chi connectivity index (χ1) is 7.33. The van der Waals surface area contributed by atoms with Crippen LogP contribution in [-0.4, -0.2) is 35.7 Å². The molecule has 2 atom stereocenters. The first-order valence-electron chi connectivity index (χ1n) is 6.03. The van der Waals surface area contributed by atoms with E-state index in [0.29, 0.717) is 12.5 Å². The van der Waals surface area contributed by atoms with Crippen LogP contribution in [-0.2, 0) is 4.74 Å². The Hall–Kier alpha value is -0.770. The minimum atomic E-state index is -0.434. The number of carbonyl (C=O) groups excluding carboxylic acids is 1. The number of hydrogen-bond donors (Lipinski definition) is 1. The Bertz CT molecular complexity index is 248. The molecular formula is C12H24N2O2. The van der Waals surface area contributed by atoms with Gasteiger partial charge >= 0.3 is 6.09 Å². The van der Waals surface area contributed by atoms with Gasteiger partial charge in [-0.25, -0.2) is 4.79 Å². The smallest absolute Gasteiger partial charge is 0.410 e. The normalized spacial score (nSPS) is 26.7. The zero-order valence-electron chi connectivity index (χ0n) is 10.8. The maximum atomic E-state index is 12.0. The molecule has 1 rings (SSSR count). The number of piperidine rings is 1. The molecule has 4 heteroatoms. The third-order valence-electron chi connectivity index (χ3n) is 2.84. The second-order valence-corrected chi connectivity index (χ2v) is 5.70. The van der Waals surface area contributed by atoms with Crippen molar-refractivity contribution in [2.24, 2.45) is 11.7 Å². The molecule has 0 bridgehead atoms. The summed E-state index contributed by atoms with van der Waals surface area (Å²) in [6.45, 7) is 9.09. The summed E-state index contributed by atoms with van der Waals surface area (Å²) in [5.74, 6) is 0.537. The first kappa shape index (κ1) is 13.3. The minimum Gasteiger partial charge on any atom is -0.444 e. The molecule has 0 aromatic heterocycles. The van der Waals surface area contributed by atoms with Crippen LogP contribution in [0.3, 0.4) is 0 Å². The van der Waals surface area contributed by atoms with Crippen molar-refractivity contribution in [1.82, 2.24) is 4.90 Å². The van der Waals surface area contributed by atoms with Gasteiger partial charge < -0.3 is 15.4 Å². The molecule has 1 aliphatic heterocycles. The predicted octanol–water partition coefficient (Wildman–Crippen LogP) is 1.98. The van der Waals surface area contributed by atoms with Crippen molar-refractivity contribution in [1.29, 1.82) is 0 Å². The molecule has 1 fully saturated rings. The summed E-state index contributed by atoms with van der Waals surface area (Å²) in [6, 6.07) is 0.144. The molecule has 16 heavy (non-hydrogen) atoms. The molecule has 0 spiro atoms. The van der Waals surface area contributed by atoms with E-state index in [2.05, 4.69) is 6.92 Å². The molecule has 1 aliphatic rings. The van der Waals surface area contributed by atoms with Gasteiger partial charge in [0.25, 0.3) is 0 Å². The Kier molecular flexibility index (Phi) is 4.19. The summed E-state index contributed by atoms with van der Waals surface area (Å²) in [7, 11) is 0. The summed E-state index contributed by atoms with van der Waals surface area (Å²) in [5.41, 5.74) is 5.26. The third-order valence-corrected chi connectivity index (χ3v) is 2.84. The number of likely N-dealkylation sites (tertiary alicyclic amines) is 1. The second-order valence-electron chi connectivity index (χ2n) is 5.70. The highest BCUT2D eigenvalue weighted by Gasteiger charge is 2.31. The number of amides is 1. The number of hydrogen-bond acceptors (Lipinski definition) is 3. The number of nitrogens with zero attached hydrogens (tertiary/aromatic N) is 1. The van der Waals surface area contributed by atoms with Crippen LogP contribution in [0.5, 0.6) is 0 Å². The van der Waals surface area contributed by atoms with Gasteiger partial charge in [-0.15, -0.1) is 0 Å². The van der Waals surface area contributed by atoms with Gasteiger partial charge in [0.05, 0.1) is 0 Å². The highest BCUT2D eigenvalue weighted by molar-refractivity contribution is 5.68.